The third kappa shape index (κ3) is 5.81. The largest absolute Gasteiger partial charge is 0.507 e. The fourth-order valence-corrected chi connectivity index (χ4v) is 2.34. The van der Waals surface area contributed by atoms with Gasteiger partial charge in [0.1, 0.15) is 5.75 Å². The van der Waals surface area contributed by atoms with Crippen molar-refractivity contribution in [2.45, 2.75) is 6.54 Å². The van der Waals surface area contributed by atoms with Crippen LogP contribution in [0.2, 0.25) is 0 Å². The Bertz CT molecular complexity index is 808. The number of nitrogens with two attached hydrogens (primary N) is 1. The predicted molar refractivity (Wildman–Crippen MR) is 103 cm³/mol. The highest BCUT2D eigenvalue weighted by Crippen LogP contribution is 2.27. The van der Waals surface area contributed by atoms with Crippen molar-refractivity contribution in [3.05, 3.63) is 53.6 Å². The minimum atomic E-state index is -0.351. The number of hydrogen-bond acceptors (Lipinski definition) is 5. The molecule has 0 aliphatic carbocycles. The second-order valence-corrected chi connectivity index (χ2v) is 5.59. The Morgan fingerprint density at radius 1 is 1.07 bits per heavy atom. The van der Waals surface area contributed by atoms with Gasteiger partial charge in [-0.3, -0.25) is 4.79 Å². The molecule has 5 N–H and O–H groups in total. The Morgan fingerprint density at radius 3 is 2.48 bits per heavy atom. The van der Waals surface area contributed by atoms with Crippen LogP contribution < -0.4 is 25.8 Å². The summed E-state index contributed by atoms with van der Waals surface area (Å²) in [5, 5.41) is 15.3. The molecule has 2 rings (SSSR count). The fourth-order valence-electron chi connectivity index (χ4n) is 2.34. The van der Waals surface area contributed by atoms with Crippen LogP contribution in [-0.4, -0.2) is 44.3 Å². The number of phenols is 1. The number of phenolic OH excluding ortho intramolecular Hbond substituents is 1. The van der Waals surface area contributed by atoms with Crippen LogP contribution in [0.25, 0.3) is 0 Å². The fraction of sp³-hybridized carbons (Fsp3) is 0.263. The molecular weight excluding hydrogens is 348 g/mol. The van der Waals surface area contributed by atoms with Gasteiger partial charge < -0.3 is 30.9 Å². The van der Waals surface area contributed by atoms with Crippen molar-refractivity contribution in [3.63, 3.8) is 0 Å². The van der Waals surface area contributed by atoms with Gasteiger partial charge in [-0.1, -0.05) is 18.2 Å². The summed E-state index contributed by atoms with van der Waals surface area (Å²) in [7, 11) is 3.15. The van der Waals surface area contributed by atoms with Crippen LogP contribution in [0.5, 0.6) is 17.2 Å². The number of amides is 1. The number of aliphatic imine (C=N–C) groups is 1. The summed E-state index contributed by atoms with van der Waals surface area (Å²) < 4.78 is 10.4. The van der Waals surface area contributed by atoms with Gasteiger partial charge in [0.15, 0.2) is 17.5 Å². The third-order valence-electron chi connectivity index (χ3n) is 3.75. The number of nitrogens with one attached hydrogen (secondary N) is 2. The Balaban J connectivity index is 1.78. The first kappa shape index (κ1) is 19.9. The third-order valence-corrected chi connectivity index (χ3v) is 3.75. The number of rotatable bonds is 8. The van der Waals surface area contributed by atoms with Crippen molar-refractivity contribution in [2.24, 2.45) is 10.7 Å². The van der Waals surface area contributed by atoms with Crippen molar-refractivity contribution in [1.29, 1.82) is 0 Å². The maximum atomic E-state index is 12.0. The molecule has 0 aliphatic rings. The molecule has 2 aromatic carbocycles. The number of aromatic hydroxyl groups is 1. The van der Waals surface area contributed by atoms with Gasteiger partial charge in [0, 0.05) is 13.1 Å². The molecule has 1 amide bonds. The van der Waals surface area contributed by atoms with Crippen LogP contribution in [0.3, 0.4) is 0 Å². The highest BCUT2D eigenvalue weighted by Gasteiger charge is 2.09. The molecule has 0 saturated heterocycles. The maximum absolute atomic E-state index is 12.0. The van der Waals surface area contributed by atoms with E-state index in [1.54, 1.807) is 32.4 Å². The molecule has 0 bridgehead atoms. The maximum Gasteiger partial charge on any atom is 0.255 e. The van der Waals surface area contributed by atoms with Crippen LogP contribution in [0.15, 0.2) is 47.5 Å². The van der Waals surface area contributed by atoms with E-state index in [2.05, 4.69) is 15.6 Å². The van der Waals surface area contributed by atoms with Crippen LogP contribution in [0.4, 0.5) is 0 Å². The first-order chi connectivity index (χ1) is 13.0. The normalized spacial score (nSPS) is 11.0. The number of guanidine groups is 1. The van der Waals surface area contributed by atoms with Gasteiger partial charge in [-0.05, 0) is 29.8 Å². The molecule has 0 unspecified atom stereocenters. The number of nitrogens with zero attached hydrogens (tertiary/aromatic N) is 1. The second kappa shape index (κ2) is 9.91. The van der Waals surface area contributed by atoms with Crippen molar-refractivity contribution in [1.82, 2.24) is 10.6 Å². The van der Waals surface area contributed by atoms with E-state index in [9.17, 15) is 9.90 Å². The van der Waals surface area contributed by atoms with Crippen LogP contribution >= 0.6 is 0 Å². The van der Waals surface area contributed by atoms with Crippen molar-refractivity contribution in [3.8, 4) is 17.2 Å². The number of carbonyl (C=O) groups excluding carboxylic acids is 1. The Hall–Kier alpha value is -3.42. The lowest BCUT2D eigenvalue weighted by Gasteiger charge is -2.10. The monoisotopic (exact) mass is 372 g/mol. The van der Waals surface area contributed by atoms with Crippen LogP contribution in [-0.2, 0) is 6.54 Å². The zero-order chi connectivity index (χ0) is 19.6. The SMILES string of the molecule is COc1ccc(CN=C(N)NCCNC(=O)c2ccccc2O)cc1OC. The molecule has 8 nitrogen and oxygen atoms in total. The molecule has 8 heteroatoms. The molecule has 27 heavy (non-hydrogen) atoms. The summed E-state index contributed by atoms with van der Waals surface area (Å²) in [6, 6.07) is 11.9. The minimum absolute atomic E-state index is 0.0565. The van der Waals surface area contributed by atoms with Gasteiger partial charge in [-0.15, -0.1) is 0 Å². The lowest BCUT2D eigenvalue weighted by atomic mass is 10.2. The van der Waals surface area contributed by atoms with Crippen LogP contribution in [0, 0.1) is 0 Å². The molecule has 0 saturated carbocycles. The molecular formula is C19H24N4O4. The lowest BCUT2D eigenvalue weighted by molar-refractivity contribution is 0.0951. The predicted octanol–water partition coefficient (Wildman–Crippen LogP) is 1.24. The molecule has 0 spiro atoms. The minimum Gasteiger partial charge on any atom is -0.507 e. The summed E-state index contributed by atoms with van der Waals surface area (Å²) in [6.45, 7) is 1.11. The molecule has 0 atom stereocenters. The summed E-state index contributed by atoms with van der Waals surface area (Å²) in [6.07, 6.45) is 0. The standard InChI is InChI=1S/C19H24N4O4/c1-26-16-8-7-13(11-17(16)27-2)12-23-19(20)22-10-9-21-18(25)14-5-3-4-6-15(14)24/h3-8,11,24H,9-10,12H2,1-2H3,(H,21,25)(H3,20,22,23). The number of hydrogen-bond donors (Lipinski definition) is 4. The molecule has 0 heterocycles. The van der Waals surface area contributed by atoms with E-state index in [1.165, 1.54) is 6.07 Å². The lowest BCUT2D eigenvalue weighted by Crippen LogP contribution is -2.38. The van der Waals surface area contributed by atoms with E-state index >= 15 is 0 Å². The average molecular weight is 372 g/mol. The van der Waals surface area contributed by atoms with Crippen molar-refractivity contribution < 1.29 is 19.4 Å². The van der Waals surface area contributed by atoms with Crippen molar-refractivity contribution >= 4 is 11.9 Å². The van der Waals surface area contributed by atoms with Gasteiger partial charge in [-0.2, -0.15) is 0 Å². The molecule has 0 radical (unpaired) electrons. The number of methoxy groups -OCH3 is 2. The van der Waals surface area contributed by atoms with E-state index in [0.717, 1.165) is 5.56 Å². The molecule has 144 valence electrons. The van der Waals surface area contributed by atoms with Gasteiger partial charge in [0.05, 0.1) is 26.3 Å². The van der Waals surface area contributed by atoms with E-state index in [4.69, 9.17) is 15.2 Å². The highest BCUT2D eigenvalue weighted by molar-refractivity contribution is 5.96. The smallest absolute Gasteiger partial charge is 0.255 e. The van der Waals surface area contributed by atoms with E-state index < -0.39 is 0 Å². The zero-order valence-electron chi connectivity index (χ0n) is 15.4. The summed E-state index contributed by atoms with van der Waals surface area (Å²) in [4.78, 5) is 16.2. The summed E-state index contributed by atoms with van der Waals surface area (Å²) in [5.74, 6) is 1.14. The van der Waals surface area contributed by atoms with E-state index in [-0.39, 0.29) is 23.2 Å². The van der Waals surface area contributed by atoms with Gasteiger partial charge in [0.2, 0.25) is 0 Å². The topological polar surface area (TPSA) is 118 Å². The molecule has 0 aromatic heterocycles. The highest BCUT2D eigenvalue weighted by atomic mass is 16.5. The molecule has 2 aromatic rings. The summed E-state index contributed by atoms with van der Waals surface area (Å²) >= 11 is 0. The number of para-hydroxylation sites is 1. The average Bonchev–Trinajstić information content (AvgIpc) is 2.69. The Kier molecular flexibility index (Phi) is 7.30. The first-order valence-corrected chi connectivity index (χ1v) is 8.36. The second-order valence-electron chi connectivity index (χ2n) is 5.59. The number of benzene rings is 2. The number of carbonyl (C=O) groups is 1. The Morgan fingerprint density at radius 2 is 1.78 bits per heavy atom. The van der Waals surface area contributed by atoms with E-state index in [1.807, 2.05) is 18.2 Å². The zero-order valence-corrected chi connectivity index (χ0v) is 15.4. The van der Waals surface area contributed by atoms with Gasteiger partial charge in [-0.25, -0.2) is 4.99 Å². The van der Waals surface area contributed by atoms with Gasteiger partial charge in [0.25, 0.3) is 5.91 Å². The van der Waals surface area contributed by atoms with Gasteiger partial charge >= 0.3 is 0 Å². The first-order valence-electron chi connectivity index (χ1n) is 8.36. The number of ether oxygens (including phenoxy) is 2. The molecule has 0 aliphatic heterocycles. The Labute approximate surface area is 158 Å². The van der Waals surface area contributed by atoms with Crippen LogP contribution in [0.1, 0.15) is 15.9 Å². The van der Waals surface area contributed by atoms with E-state index in [0.29, 0.717) is 31.1 Å². The van der Waals surface area contributed by atoms with Crippen molar-refractivity contribution in [2.75, 3.05) is 27.3 Å². The quantitative estimate of drug-likeness (QED) is 0.315. The summed E-state index contributed by atoms with van der Waals surface area (Å²) in [5.41, 5.74) is 6.98. The molecule has 0 fully saturated rings.